The molecular formula is C14H18BrN5O2S. The fourth-order valence-corrected chi connectivity index (χ4v) is 3.13. The van der Waals surface area contributed by atoms with Crippen LogP contribution in [-0.2, 0) is 4.74 Å². The summed E-state index contributed by atoms with van der Waals surface area (Å²) in [7, 11) is 0. The molecule has 1 aliphatic heterocycles. The fourth-order valence-electron chi connectivity index (χ4n) is 2.47. The molecule has 1 fully saturated rings. The molecule has 0 aliphatic carbocycles. The number of aromatic amines is 2. The van der Waals surface area contributed by atoms with Gasteiger partial charge in [-0.05, 0) is 40.3 Å². The van der Waals surface area contributed by atoms with Gasteiger partial charge in [0, 0.05) is 30.7 Å². The molecule has 23 heavy (non-hydrogen) atoms. The first kappa shape index (κ1) is 16.4. The molecular weight excluding hydrogens is 382 g/mol. The summed E-state index contributed by atoms with van der Waals surface area (Å²) in [5, 5.41) is 6.89. The lowest BCUT2D eigenvalue weighted by molar-refractivity contribution is 0.0389. The lowest BCUT2D eigenvalue weighted by Crippen LogP contribution is -2.42. The van der Waals surface area contributed by atoms with Crippen molar-refractivity contribution in [1.82, 2.24) is 20.2 Å². The molecule has 2 heterocycles. The number of anilines is 1. The molecule has 1 aromatic carbocycles. The summed E-state index contributed by atoms with van der Waals surface area (Å²) >= 11 is 8.80. The van der Waals surface area contributed by atoms with Crippen molar-refractivity contribution in [2.75, 3.05) is 44.7 Å². The summed E-state index contributed by atoms with van der Waals surface area (Å²) in [4.78, 5) is 19.1. The van der Waals surface area contributed by atoms with E-state index in [0.29, 0.717) is 5.11 Å². The van der Waals surface area contributed by atoms with Gasteiger partial charge >= 0.3 is 5.69 Å². The topological polar surface area (TPSA) is 85.2 Å². The van der Waals surface area contributed by atoms with Crippen LogP contribution in [0.2, 0.25) is 0 Å². The average molecular weight is 400 g/mol. The number of hydrogen-bond acceptors (Lipinski definition) is 4. The lowest BCUT2D eigenvalue weighted by atomic mass is 10.3. The van der Waals surface area contributed by atoms with Crippen LogP contribution in [0.15, 0.2) is 21.4 Å². The van der Waals surface area contributed by atoms with Crippen molar-refractivity contribution in [1.29, 1.82) is 0 Å². The van der Waals surface area contributed by atoms with Gasteiger partial charge in [-0.1, -0.05) is 0 Å². The van der Waals surface area contributed by atoms with E-state index in [1.807, 2.05) is 12.1 Å². The van der Waals surface area contributed by atoms with Gasteiger partial charge < -0.3 is 25.3 Å². The van der Waals surface area contributed by atoms with Crippen molar-refractivity contribution in [3.8, 4) is 0 Å². The fraction of sp³-hybridized carbons (Fsp3) is 0.429. The zero-order valence-corrected chi connectivity index (χ0v) is 14.8. The van der Waals surface area contributed by atoms with Gasteiger partial charge in [0.15, 0.2) is 5.11 Å². The van der Waals surface area contributed by atoms with Crippen molar-refractivity contribution >= 4 is 50.0 Å². The second kappa shape index (κ2) is 7.43. The van der Waals surface area contributed by atoms with Crippen LogP contribution in [0.4, 0.5) is 5.69 Å². The van der Waals surface area contributed by atoms with Crippen LogP contribution in [0.25, 0.3) is 11.0 Å². The molecule has 0 saturated carbocycles. The van der Waals surface area contributed by atoms with Crippen molar-refractivity contribution < 1.29 is 4.74 Å². The molecule has 4 N–H and O–H groups in total. The van der Waals surface area contributed by atoms with Crippen LogP contribution in [-0.4, -0.2) is 59.4 Å². The van der Waals surface area contributed by atoms with Crippen molar-refractivity contribution in [2.45, 2.75) is 0 Å². The van der Waals surface area contributed by atoms with Crippen LogP contribution >= 0.6 is 28.1 Å². The highest BCUT2D eigenvalue weighted by molar-refractivity contribution is 9.10. The Kier molecular flexibility index (Phi) is 5.31. The number of aromatic nitrogens is 2. The molecule has 3 rings (SSSR count). The first-order valence-electron chi connectivity index (χ1n) is 7.38. The second-order valence-electron chi connectivity index (χ2n) is 5.29. The van der Waals surface area contributed by atoms with E-state index in [2.05, 4.69) is 41.4 Å². The third-order valence-corrected chi connectivity index (χ3v) is 4.57. The van der Waals surface area contributed by atoms with Crippen molar-refractivity contribution in [2.24, 2.45) is 0 Å². The molecule has 0 atom stereocenters. The minimum atomic E-state index is -0.227. The number of rotatable bonds is 4. The molecule has 7 nitrogen and oxygen atoms in total. The third kappa shape index (κ3) is 4.31. The smallest absolute Gasteiger partial charge is 0.323 e. The number of thiocarbonyl (C=S) groups is 1. The lowest BCUT2D eigenvalue weighted by Gasteiger charge is -2.26. The summed E-state index contributed by atoms with van der Waals surface area (Å²) in [5.41, 5.74) is 2.06. The molecule has 0 amide bonds. The molecule has 124 valence electrons. The summed E-state index contributed by atoms with van der Waals surface area (Å²) in [6.07, 6.45) is 0. The molecule has 1 aromatic heterocycles. The highest BCUT2D eigenvalue weighted by Gasteiger charge is 2.10. The Morgan fingerprint density at radius 3 is 2.74 bits per heavy atom. The van der Waals surface area contributed by atoms with E-state index in [1.54, 1.807) is 0 Å². The Morgan fingerprint density at radius 2 is 2.00 bits per heavy atom. The molecule has 0 bridgehead atoms. The Balaban J connectivity index is 1.54. The number of fused-ring (bicyclic) bond motifs is 1. The highest BCUT2D eigenvalue weighted by atomic mass is 79.9. The summed E-state index contributed by atoms with van der Waals surface area (Å²) in [6.45, 7) is 5.22. The number of benzene rings is 1. The van der Waals surface area contributed by atoms with Gasteiger partial charge in [0.25, 0.3) is 0 Å². The van der Waals surface area contributed by atoms with Crippen LogP contribution in [0.3, 0.4) is 0 Å². The van der Waals surface area contributed by atoms with Gasteiger partial charge in [0.05, 0.1) is 29.9 Å². The molecule has 2 aromatic rings. The summed E-state index contributed by atoms with van der Waals surface area (Å²) in [5.74, 6) is 0. The maximum atomic E-state index is 11.3. The standard InChI is InChI=1S/C14H18BrN5O2S/c15-9-7-11-12(18-13(21)17-11)8-10(9)19-14(23)16-1-2-20-3-5-22-6-4-20/h7-8H,1-6H2,(H2,16,19,23)(H2,17,18,21). The normalized spacial score (nSPS) is 15.7. The Labute approximate surface area is 146 Å². The minimum Gasteiger partial charge on any atom is -0.379 e. The number of hydrogen-bond donors (Lipinski definition) is 4. The predicted octanol–water partition coefficient (Wildman–Crippen LogP) is 1.24. The SMILES string of the molecule is O=c1[nH]c2cc(Br)c(NC(=S)NCCN3CCOCC3)cc2[nH]1. The van der Waals surface area contributed by atoms with Gasteiger partial charge in [-0.2, -0.15) is 0 Å². The molecule has 0 radical (unpaired) electrons. The second-order valence-corrected chi connectivity index (χ2v) is 6.55. The Hall–Kier alpha value is -1.42. The molecule has 0 unspecified atom stereocenters. The Morgan fingerprint density at radius 1 is 1.30 bits per heavy atom. The molecule has 1 saturated heterocycles. The predicted molar refractivity (Wildman–Crippen MR) is 98.1 cm³/mol. The summed E-state index contributed by atoms with van der Waals surface area (Å²) in [6, 6.07) is 3.68. The Bertz CT molecular complexity index is 753. The van der Waals surface area contributed by atoms with Gasteiger partial charge in [-0.25, -0.2) is 4.79 Å². The first-order valence-corrected chi connectivity index (χ1v) is 8.58. The van der Waals surface area contributed by atoms with Gasteiger partial charge in [0.1, 0.15) is 0 Å². The van der Waals surface area contributed by atoms with E-state index in [4.69, 9.17) is 17.0 Å². The molecule has 9 heteroatoms. The number of H-pyrrole nitrogens is 2. The third-order valence-electron chi connectivity index (χ3n) is 3.67. The summed E-state index contributed by atoms with van der Waals surface area (Å²) < 4.78 is 6.15. The van der Waals surface area contributed by atoms with Crippen LogP contribution < -0.4 is 16.3 Å². The van der Waals surface area contributed by atoms with E-state index in [1.165, 1.54) is 0 Å². The van der Waals surface area contributed by atoms with E-state index < -0.39 is 0 Å². The number of halogens is 1. The zero-order chi connectivity index (χ0) is 16.2. The quantitative estimate of drug-likeness (QED) is 0.578. The molecule has 1 aliphatic rings. The monoisotopic (exact) mass is 399 g/mol. The number of imidazole rings is 1. The largest absolute Gasteiger partial charge is 0.379 e. The van der Waals surface area contributed by atoms with Crippen molar-refractivity contribution in [3.63, 3.8) is 0 Å². The van der Waals surface area contributed by atoms with E-state index in [0.717, 1.165) is 60.6 Å². The van der Waals surface area contributed by atoms with Crippen molar-refractivity contribution in [3.05, 3.63) is 27.1 Å². The number of nitrogens with zero attached hydrogens (tertiary/aromatic N) is 1. The average Bonchev–Trinajstić information content (AvgIpc) is 2.87. The maximum absolute atomic E-state index is 11.3. The number of morpholine rings is 1. The van der Waals surface area contributed by atoms with E-state index in [-0.39, 0.29) is 5.69 Å². The van der Waals surface area contributed by atoms with E-state index >= 15 is 0 Å². The van der Waals surface area contributed by atoms with Gasteiger partial charge in [-0.15, -0.1) is 0 Å². The molecule has 0 spiro atoms. The number of ether oxygens (including phenoxy) is 1. The maximum Gasteiger partial charge on any atom is 0.323 e. The van der Waals surface area contributed by atoms with Gasteiger partial charge in [0.2, 0.25) is 0 Å². The van der Waals surface area contributed by atoms with Crippen LogP contribution in [0, 0.1) is 0 Å². The highest BCUT2D eigenvalue weighted by Crippen LogP contribution is 2.26. The first-order chi connectivity index (χ1) is 11.1. The van der Waals surface area contributed by atoms with Crippen LogP contribution in [0.1, 0.15) is 0 Å². The van der Waals surface area contributed by atoms with Crippen LogP contribution in [0.5, 0.6) is 0 Å². The minimum absolute atomic E-state index is 0.227. The van der Waals surface area contributed by atoms with Gasteiger partial charge in [-0.3, -0.25) is 4.90 Å². The number of nitrogens with one attached hydrogen (secondary N) is 4. The zero-order valence-electron chi connectivity index (χ0n) is 12.4. The van der Waals surface area contributed by atoms with E-state index in [9.17, 15) is 4.79 Å².